The highest BCUT2D eigenvalue weighted by molar-refractivity contribution is 7.92. The topological polar surface area (TPSA) is 117 Å². The molecule has 34 heavy (non-hydrogen) atoms. The van der Waals surface area contributed by atoms with Crippen molar-refractivity contribution in [1.29, 1.82) is 0 Å². The first kappa shape index (κ1) is 24.5. The lowest BCUT2D eigenvalue weighted by atomic mass is 10.1. The number of piperidine rings is 1. The smallest absolute Gasteiger partial charge is 0.285 e. The first-order valence-corrected chi connectivity index (χ1v) is 14.7. The first-order chi connectivity index (χ1) is 16.2. The van der Waals surface area contributed by atoms with Gasteiger partial charge < -0.3 is 10.1 Å². The van der Waals surface area contributed by atoms with E-state index in [2.05, 4.69) is 31.5 Å². The summed E-state index contributed by atoms with van der Waals surface area (Å²) in [4.78, 5) is 2.45. The number of rotatable bonds is 9. The molecule has 1 fully saturated rings. The Balaban J connectivity index is 1.27. The van der Waals surface area contributed by atoms with E-state index in [1.165, 1.54) is 37.0 Å². The molecule has 2 aromatic carbocycles. The molecule has 2 aliphatic rings. The molecule has 2 aromatic rings. The third-order valence-corrected chi connectivity index (χ3v) is 7.59. The Hall–Kier alpha value is -2.63. The highest BCUT2D eigenvalue weighted by atomic mass is 32.2. The van der Waals surface area contributed by atoms with Crippen molar-refractivity contribution in [2.45, 2.75) is 37.1 Å². The molecule has 9 nitrogen and oxygen atoms in total. The van der Waals surface area contributed by atoms with Gasteiger partial charge in [-0.1, -0.05) is 18.6 Å². The predicted octanol–water partition coefficient (Wildman–Crippen LogP) is 2.55. The largest absolute Gasteiger partial charge is 0.494 e. The molecule has 11 heteroatoms. The van der Waals surface area contributed by atoms with Gasteiger partial charge in [0.1, 0.15) is 16.5 Å². The Morgan fingerprint density at radius 1 is 1.09 bits per heavy atom. The van der Waals surface area contributed by atoms with Crippen molar-refractivity contribution in [2.24, 2.45) is 4.40 Å². The normalized spacial score (nSPS) is 17.6. The van der Waals surface area contributed by atoms with Crippen molar-refractivity contribution >= 4 is 31.6 Å². The number of ether oxygens (including phenoxy) is 1. The summed E-state index contributed by atoms with van der Waals surface area (Å²) < 4.78 is 59.6. The third-order valence-electron chi connectivity index (χ3n) is 5.66. The number of amidine groups is 1. The van der Waals surface area contributed by atoms with E-state index in [9.17, 15) is 16.8 Å². The highest BCUT2D eigenvalue weighted by Crippen LogP contribution is 2.28. The second-order valence-electron chi connectivity index (χ2n) is 8.61. The van der Waals surface area contributed by atoms with Gasteiger partial charge in [0.2, 0.25) is 10.0 Å². The van der Waals surface area contributed by atoms with Crippen molar-refractivity contribution < 1.29 is 21.6 Å². The second kappa shape index (κ2) is 10.3. The van der Waals surface area contributed by atoms with E-state index in [0.29, 0.717) is 25.1 Å². The van der Waals surface area contributed by atoms with Gasteiger partial charge in [-0.25, -0.2) is 8.42 Å². The Morgan fingerprint density at radius 3 is 2.65 bits per heavy atom. The Bertz CT molecular complexity index is 1270. The van der Waals surface area contributed by atoms with Crippen LogP contribution in [0.5, 0.6) is 5.75 Å². The standard InChI is InChI=1S/C23H30N4O5S2/c1-33(28,29)25-19-9-10-21-22(16-19)34(30,31)26-23(21)24-11-6-14-32-20-8-5-7-18(15-20)17-27-12-3-2-4-13-27/h5,7-10,15-16,25H,2-4,6,11-14,17H2,1H3,(H,24,26). The van der Waals surface area contributed by atoms with Crippen LogP contribution in [0, 0.1) is 0 Å². The van der Waals surface area contributed by atoms with Crippen molar-refractivity contribution in [1.82, 2.24) is 10.2 Å². The van der Waals surface area contributed by atoms with Crippen LogP contribution in [0.1, 0.15) is 36.8 Å². The molecule has 0 amide bonds. The van der Waals surface area contributed by atoms with E-state index in [4.69, 9.17) is 4.74 Å². The van der Waals surface area contributed by atoms with Gasteiger partial charge in [0.25, 0.3) is 10.0 Å². The van der Waals surface area contributed by atoms with Crippen LogP contribution < -0.4 is 14.8 Å². The van der Waals surface area contributed by atoms with Gasteiger partial charge in [-0.15, -0.1) is 4.40 Å². The fourth-order valence-electron chi connectivity index (χ4n) is 4.13. The van der Waals surface area contributed by atoms with E-state index in [1.807, 2.05) is 12.1 Å². The summed E-state index contributed by atoms with van der Waals surface area (Å²) in [6.07, 6.45) is 5.50. The molecule has 2 heterocycles. The number of nitrogens with one attached hydrogen (secondary N) is 2. The molecule has 0 aromatic heterocycles. The minimum absolute atomic E-state index is 0.0228. The van der Waals surface area contributed by atoms with Crippen LogP contribution in [0.25, 0.3) is 0 Å². The van der Waals surface area contributed by atoms with Gasteiger partial charge in [0, 0.05) is 24.3 Å². The Morgan fingerprint density at radius 2 is 1.88 bits per heavy atom. The van der Waals surface area contributed by atoms with Crippen LogP contribution in [0.15, 0.2) is 51.8 Å². The quantitative estimate of drug-likeness (QED) is 0.502. The molecule has 4 rings (SSSR count). The van der Waals surface area contributed by atoms with Crippen LogP contribution in [-0.2, 0) is 26.6 Å². The van der Waals surface area contributed by atoms with Gasteiger partial charge in [-0.3, -0.25) is 9.62 Å². The lowest BCUT2D eigenvalue weighted by molar-refractivity contribution is 0.220. The van der Waals surface area contributed by atoms with Crippen LogP contribution >= 0.6 is 0 Å². The van der Waals surface area contributed by atoms with E-state index in [-0.39, 0.29) is 16.4 Å². The molecule has 2 N–H and O–H groups in total. The van der Waals surface area contributed by atoms with Gasteiger partial charge in [-0.2, -0.15) is 8.42 Å². The number of hydrogen-bond donors (Lipinski definition) is 2. The minimum Gasteiger partial charge on any atom is -0.494 e. The maximum atomic E-state index is 12.4. The van der Waals surface area contributed by atoms with E-state index < -0.39 is 20.0 Å². The van der Waals surface area contributed by atoms with Gasteiger partial charge in [-0.05, 0) is 68.2 Å². The molecule has 0 unspecified atom stereocenters. The summed E-state index contributed by atoms with van der Waals surface area (Å²) in [5, 5.41) is 3.06. The summed E-state index contributed by atoms with van der Waals surface area (Å²) in [7, 11) is -7.39. The van der Waals surface area contributed by atoms with Crippen LogP contribution in [0.2, 0.25) is 0 Å². The molecule has 1 saturated heterocycles. The van der Waals surface area contributed by atoms with Gasteiger partial charge in [0.15, 0.2) is 0 Å². The first-order valence-electron chi connectivity index (χ1n) is 11.3. The molecule has 0 atom stereocenters. The summed E-state index contributed by atoms with van der Waals surface area (Å²) >= 11 is 0. The maximum Gasteiger partial charge on any atom is 0.285 e. The average molecular weight is 507 g/mol. The van der Waals surface area contributed by atoms with Crippen molar-refractivity contribution in [3.63, 3.8) is 0 Å². The molecule has 0 bridgehead atoms. The van der Waals surface area contributed by atoms with Crippen molar-refractivity contribution in [2.75, 3.05) is 37.2 Å². The summed E-state index contributed by atoms with van der Waals surface area (Å²) in [5.74, 6) is 1.08. The fraction of sp³-hybridized carbons (Fsp3) is 0.435. The van der Waals surface area contributed by atoms with Crippen molar-refractivity contribution in [3.8, 4) is 5.75 Å². The fourth-order valence-corrected chi connectivity index (χ4v) is 5.91. The molecule has 0 radical (unpaired) electrons. The SMILES string of the molecule is CS(=O)(=O)Nc1ccc2c(c1)S(=O)(=O)N=C2NCCCOc1cccc(CN2CCCCC2)c1. The lowest BCUT2D eigenvalue weighted by Gasteiger charge is -2.26. The Kier molecular flexibility index (Phi) is 7.44. The summed E-state index contributed by atoms with van der Waals surface area (Å²) in [6.45, 7) is 4.19. The zero-order valence-electron chi connectivity index (χ0n) is 19.2. The molecular formula is C23H30N4O5S2. The third kappa shape index (κ3) is 6.49. The maximum absolute atomic E-state index is 12.4. The lowest BCUT2D eigenvalue weighted by Crippen LogP contribution is -2.29. The van der Waals surface area contributed by atoms with Crippen LogP contribution in [0.3, 0.4) is 0 Å². The number of hydrogen-bond acceptors (Lipinski definition) is 7. The van der Waals surface area contributed by atoms with Gasteiger partial charge >= 0.3 is 0 Å². The Labute approximate surface area is 201 Å². The molecule has 0 spiro atoms. The zero-order valence-corrected chi connectivity index (χ0v) is 20.8. The summed E-state index contributed by atoms with van der Waals surface area (Å²) in [5.41, 5.74) is 1.84. The number of anilines is 1. The highest BCUT2D eigenvalue weighted by Gasteiger charge is 2.29. The number of likely N-dealkylation sites (tertiary alicyclic amines) is 1. The molecule has 0 aliphatic carbocycles. The molecule has 184 valence electrons. The van der Waals surface area contributed by atoms with E-state index in [1.54, 1.807) is 6.07 Å². The molecule has 0 saturated carbocycles. The average Bonchev–Trinajstić information content (AvgIpc) is 3.03. The number of benzene rings is 2. The van der Waals surface area contributed by atoms with Gasteiger partial charge in [0.05, 0.1) is 12.9 Å². The van der Waals surface area contributed by atoms with Crippen LogP contribution in [0.4, 0.5) is 5.69 Å². The van der Waals surface area contributed by atoms with Crippen LogP contribution in [-0.4, -0.2) is 60.1 Å². The number of sulfonamides is 2. The number of nitrogens with zero attached hydrogens (tertiary/aromatic N) is 2. The predicted molar refractivity (Wildman–Crippen MR) is 132 cm³/mol. The molecular weight excluding hydrogens is 476 g/mol. The number of fused-ring (bicyclic) bond motifs is 1. The second-order valence-corrected chi connectivity index (χ2v) is 11.9. The molecule has 2 aliphatic heterocycles. The zero-order chi connectivity index (χ0) is 24.2. The van der Waals surface area contributed by atoms with E-state index >= 15 is 0 Å². The van der Waals surface area contributed by atoms with E-state index in [0.717, 1.165) is 31.6 Å². The monoisotopic (exact) mass is 506 g/mol. The summed E-state index contributed by atoms with van der Waals surface area (Å²) in [6, 6.07) is 12.5. The minimum atomic E-state index is -3.88. The van der Waals surface area contributed by atoms with Crippen molar-refractivity contribution in [3.05, 3.63) is 53.6 Å².